The van der Waals surface area contributed by atoms with Crippen LogP contribution >= 0.6 is 15.9 Å². The summed E-state index contributed by atoms with van der Waals surface area (Å²) >= 11 is 3.48. The first-order valence-electron chi connectivity index (χ1n) is 5.86. The molecule has 0 fully saturated rings. The number of hydrogen-bond donors (Lipinski definition) is 2. The lowest BCUT2D eigenvalue weighted by atomic mass is 10.0. The summed E-state index contributed by atoms with van der Waals surface area (Å²) in [5, 5.41) is 3.97. The fourth-order valence-corrected chi connectivity index (χ4v) is 2.50. The van der Waals surface area contributed by atoms with E-state index in [9.17, 15) is 4.79 Å². The standard InChI is InChI=1S/C14H10BrN3O2/c15-10-4-2-1-3-9(10)12-13(18-20-14(12)16)8-5-6-17-11(19)7-8/h1-7H,16H2,(H,17,19). The number of halogens is 1. The van der Waals surface area contributed by atoms with Crippen LogP contribution in [0.4, 0.5) is 5.88 Å². The van der Waals surface area contributed by atoms with E-state index in [2.05, 4.69) is 26.1 Å². The highest BCUT2D eigenvalue weighted by atomic mass is 79.9. The molecule has 100 valence electrons. The zero-order valence-electron chi connectivity index (χ0n) is 10.3. The molecular formula is C14H10BrN3O2. The summed E-state index contributed by atoms with van der Waals surface area (Å²) in [5.41, 5.74) is 8.40. The third-order valence-corrected chi connectivity index (χ3v) is 3.60. The smallest absolute Gasteiger partial charge is 0.248 e. The first-order chi connectivity index (χ1) is 9.66. The maximum absolute atomic E-state index is 11.4. The second kappa shape index (κ2) is 4.97. The van der Waals surface area contributed by atoms with Gasteiger partial charge >= 0.3 is 0 Å². The summed E-state index contributed by atoms with van der Waals surface area (Å²) in [7, 11) is 0. The van der Waals surface area contributed by atoms with E-state index in [0.29, 0.717) is 16.8 Å². The van der Waals surface area contributed by atoms with Gasteiger partial charge in [0.2, 0.25) is 11.4 Å². The van der Waals surface area contributed by atoms with E-state index in [1.54, 1.807) is 12.3 Å². The molecule has 5 nitrogen and oxygen atoms in total. The predicted octanol–water partition coefficient (Wildman–Crippen LogP) is 3.04. The molecule has 0 aliphatic heterocycles. The molecule has 2 aromatic heterocycles. The number of benzene rings is 1. The fraction of sp³-hybridized carbons (Fsp3) is 0. The van der Waals surface area contributed by atoms with Crippen molar-refractivity contribution in [2.45, 2.75) is 0 Å². The molecule has 0 bridgehead atoms. The van der Waals surface area contributed by atoms with Crippen LogP contribution in [0.15, 0.2) is 56.4 Å². The van der Waals surface area contributed by atoms with Crippen molar-refractivity contribution in [3.8, 4) is 22.4 Å². The average molecular weight is 332 g/mol. The van der Waals surface area contributed by atoms with Crippen molar-refractivity contribution in [3.63, 3.8) is 0 Å². The number of nitrogens with one attached hydrogen (secondary N) is 1. The minimum Gasteiger partial charge on any atom is -0.367 e. The van der Waals surface area contributed by atoms with Crippen LogP contribution in [0.5, 0.6) is 0 Å². The number of nitrogen functional groups attached to an aromatic ring is 1. The highest BCUT2D eigenvalue weighted by molar-refractivity contribution is 9.10. The van der Waals surface area contributed by atoms with E-state index < -0.39 is 0 Å². The highest BCUT2D eigenvalue weighted by Crippen LogP contribution is 2.39. The lowest BCUT2D eigenvalue weighted by molar-refractivity contribution is 0.439. The summed E-state index contributed by atoms with van der Waals surface area (Å²) < 4.78 is 5.97. The SMILES string of the molecule is Nc1onc(-c2cc[nH]c(=O)c2)c1-c1ccccc1Br. The minimum atomic E-state index is -0.206. The second-order valence-electron chi connectivity index (χ2n) is 4.19. The molecule has 0 atom stereocenters. The summed E-state index contributed by atoms with van der Waals surface area (Å²) in [6.45, 7) is 0. The number of aromatic amines is 1. The molecule has 0 amide bonds. The molecular weight excluding hydrogens is 322 g/mol. The van der Waals surface area contributed by atoms with Gasteiger partial charge in [-0.05, 0) is 12.1 Å². The Bertz CT molecular complexity index is 823. The van der Waals surface area contributed by atoms with E-state index in [1.165, 1.54) is 6.07 Å². The normalized spacial score (nSPS) is 10.7. The van der Waals surface area contributed by atoms with Gasteiger partial charge in [-0.25, -0.2) is 0 Å². The van der Waals surface area contributed by atoms with Crippen LogP contribution in [-0.2, 0) is 0 Å². The molecule has 3 rings (SSSR count). The zero-order valence-corrected chi connectivity index (χ0v) is 11.8. The maximum Gasteiger partial charge on any atom is 0.248 e. The molecule has 0 radical (unpaired) electrons. The van der Waals surface area contributed by atoms with Gasteiger partial charge in [-0.2, -0.15) is 0 Å². The Morgan fingerprint density at radius 2 is 2.05 bits per heavy atom. The molecule has 0 spiro atoms. The van der Waals surface area contributed by atoms with Crippen LogP contribution in [0.3, 0.4) is 0 Å². The zero-order chi connectivity index (χ0) is 14.1. The fourth-order valence-electron chi connectivity index (χ4n) is 2.02. The topological polar surface area (TPSA) is 84.9 Å². The van der Waals surface area contributed by atoms with Gasteiger partial charge < -0.3 is 15.2 Å². The number of H-pyrrole nitrogens is 1. The molecule has 0 saturated carbocycles. The van der Waals surface area contributed by atoms with E-state index in [4.69, 9.17) is 10.3 Å². The van der Waals surface area contributed by atoms with Gasteiger partial charge in [-0.1, -0.05) is 39.3 Å². The van der Waals surface area contributed by atoms with Crippen molar-refractivity contribution >= 4 is 21.8 Å². The summed E-state index contributed by atoms with van der Waals surface area (Å²) in [4.78, 5) is 14.0. The Morgan fingerprint density at radius 1 is 1.25 bits per heavy atom. The number of rotatable bonds is 2. The number of anilines is 1. The van der Waals surface area contributed by atoms with Crippen LogP contribution < -0.4 is 11.3 Å². The summed E-state index contributed by atoms with van der Waals surface area (Å²) in [6, 6.07) is 10.8. The molecule has 0 aliphatic rings. The third-order valence-electron chi connectivity index (χ3n) is 2.91. The summed E-state index contributed by atoms with van der Waals surface area (Å²) in [6.07, 6.45) is 1.56. The van der Waals surface area contributed by atoms with Gasteiger partial charge in [0.05, 0.1) is 5.56 Å². The minimum absolute atomic E-state index is 0.206. The Labute approximate surface area is 122 Å². The van der Waals surface area contributed by atoms with Gasteiger partial charge in [0, 0.05) is 27.9 Å². The lowest BCUT2D eigenvalue weighted by Gasteiger charge is -2.04. The van der Waals surface area contributed by atoms with Gasteiger partial charge in [-0.15, -0.1) is 0 Å². The molecule has 3 aromatic rings. The number of hydrogen-bond acceptors (Lipinski definition) is 4. The molecule has 0 aliphatic carbocycles. The molecule has 20 heavy (non-hydrogen) atoms. The Balaban J connectivity index is 2.26. The van der Waals surface area contributed by atoms with E-state index >= 15 is 0 Å². The van der Waals surface area contributed by atoms with Crippen LogP contribution in [-0.4, -0.2) is 10.1 Å². The average Bonchev–Trinajstić information content (AvgIpc) is 2.81. The molecule has 0 unspecified atom stereocenters. The quantitative estimate of drug-likeness (QED) is 0.755. The van der Waals surface area contributed by atoms with Crippen molar-refractivity contribution in [1.82, 2.24) is 10.1 Å². The van der Waals surface area contributed by atoms with Crippen molar-refractivity contribution in [2.24, 2.45) is 0 Å². The first-order valence-corrected chi connectivity index (χ1v) is 6.65. The van der Waals surface area contributed by atoms with Gasteiger partial charge in [-0.3, -0.25) is 4.79 Å². The Kier molecular flexibility index (Phi) is 3.15. The number of aromatic nitrogens is 2. The molecule has 0 saturated heterocycles. The molecule has 2 heterocycles. The van der Waals surface area contributed by atoms with Crippen LogP contribution in [0.2, 0.25) is 0 Å². The van der Waals surface area contributed by atoms with Gasteiger partial charge in [0.25, 0.3) is 0 Å². The number of nitrogens with zero attached hydrogens (tertiary/aromatic N) is 1. The van der Waals surface area contributed by atoms with Gasteiger partial charge in [0.15, 0.2) is 0 Å². The molecule has 6 heteroatoms. The van der Waals surface area contributed by atoms with Gasteiger partial charge in [0.1, 0.15) is 5.69 Å². The first kappa shape index (κ1) is 12.7. The highest BCUT2D eigenvalue weighted by Gasteiger charge is 2.19. The van der Waals surface area contributed by atoms with E-state index in [-0.39, 0.29) is 11.4 Å². The van der Waals surface area contributed by atoms with Crippen molar-refractivity contribution in [2.75, 3.05) is 5.73 Å². The predicted molar refractivity (Wildman–Crippen MR) is 80.1 cm³/mol. The number of pyridine rings is 1. The van der Waals surface area contributed by atoms with Crippen LogP contribution in [0.25, 0.3) is 22.4 Å². The van der Waals surface area contributed by atoms with E-state index in [1.807, 2.05) is 24.3 Å². The van der Waals surface area contributed by atoms with Crippen molar-refractivity contribution in [1.29, 1.82) is 0 Å². The third kappa shape index (κ3) is 2.14. The second-order valence-corrected chi connectivity index (χ2v) is 5.05. The molecule has 1 aromatic carbocycles. The van der Waals surface area contributed by atoms with Crippen LogP contribution in [0.1, 0.15) is 0 Å². The summed E-state index contributed by atoms with van der Waals surface area (Å²) in [5.74, 6) is 0.215. The maximum atomic E-state index is 11.4. The lowest BCUT2D eigenvalue weighted by Crippen LogP contribution is -2.02. The Hall–Kier alpha value is -2.34. The van der Waals surface area contributed by atoms with Crippen molar-refractivity contribution in [3.05, 3.63) is 57.4 Å². The monoisotopic (exact) mass is 331 g/mol. The number of nitrogens with two attached hydrogens (primary N) is 1. The molecule has 3 N–H and O–H groups in total. The Morgan fingerprint density at radius 3 is 2.80 bits per heavy atom. The van der Waals surface area contributed by atoms with Crippen LogP contribution in [0, 0.1) is 0 Å². The largest absolute Gasteiger partial charge is 0.367 e. The van der Waals surface area contributed by atoms with E-state index in [0.717, 1.165) is 10.0 Å². The van der Waals surface area contributed by atoms with Crippen molar-refractivity contribution < 1.29 is 4.52 Å².